The number of benzene rings is 2. The first-order valence-electron chi connectivity index (χ1n) is 12.1. The highest BCUT2D eigenvalue weighted by atomic mass is 35.5. The second-order valence-electron chi connectivity index (χ2n) is 8.68. The molecule has 0 heterocycles. The van der Waals surface area contributed by atoms with Crippen LogP contribution in [-0.2, 0) is 22.6 Å². The topological polar surface area (TPSA) is 67.9 Å². The summed E-state index contributed by atoms with van der Waals surface area (Å²) < 4.78 is 11.3. The van der Waals surface area contributed by atoms with E-state index in [9.17, 15) is 9.59 Å². The van der Waals surface area contributed by atoms with E-state index in [0.717, 1.165) is 5.56 Å². The molecule has 0 bridgehead atoms. The average Bonchev–Trinajstić information content (AvgIpc) is 2.82. The molecule has 8 heteroatoms. The zero-order valence-corrected chi connectivity index (χ0v) is 22.7. The van der Waals surface area contributed by atoms with Crippen LogP contribution in [0.2, 0.25) is 10.0 Å². The zero-order valence-electron chi connectivity index (χ0n) is 21.2. The number of carbonyl (C=O) groups is 2. The molecule has 0 fully saturated rings. The minimum Gasteiger partial charge on any atom is -0.490 e. The Kier molecular flexibility index (Phi) is 11.7. The first kappa shape index (κ1) is 28.8. The Morgan fingerprint density at radius 1 is 0.971 bits per heavy atom. The monoisotopic (exact) mass is 522 g/mol. The van der Waals surface area contributed by atoms with Crippen molar-refractivity contribution in [3.63, 3.8) is 0 Å². The highest BCUT2D eigenvalue weighted by molar-refractivity contribution is 6.36. The van der Waals surface area contributed by atoms with Gasteiger partial charge in [0.05, 0.1) is 13.2 Å². The number of aryl methyl sites for hydroxylation is 1. The van der Waals surface area contributed by atoms with Crippen LogP contribution in [-0.4, -0.2) is 42.5 Å². The molecule has 192 valence electrons. The number of carbonyl (C=O) groups excluding carboxylic acids is 2. The van der Waals surface area contributed by atoms with Crippen molar-refractivity contribution < 1.29 is 19.1 Å². The number of hydrogen-bond donors (Lipinski definition) is 1. The number of rotatable bonds is 13. The average molecular weight is 524 g/mol. The van der Waals surface area contributed by atoms with Crippen molar-refractivity contribution in [3.05, 3.63) is 57.6 Å². The highest BCUT2D eigenvalue weighted by Crippen LogP contribution is 2.30. The third-order valence-corrected chi connectivity index (χ3v) is 6.19. The molecule has 0 aliphatic carbocycles. The van der Waals surface area contributed by atoms with Crippen molar-refractivity contribution in [2.75, 3.05) is 19.8 Å². The van der Waals surface area contributed by atoms with Gasteiger partial charge in [0.15, 0.2) is 11.5 Å². The van der Waals surface area contributed by atoms with E-state index in [1.807, 2.05) is 45.9 Å². The fraction of sp³-hybridized carbons (Fsp3) is 0.481. The highest BCUT2D eigenvalue weighted by Gasteiger charge is 2.27. The molecule has 2 rings (SSSR count). The van der Waals surface area contributed by atoms with Gasteiger partial charge in [-0.15, -0.1) is 0 Å². The standard InChI is InChI=1S/C27H36Cl2N2O4/c1-6-34-24-13-11-20(15-25(24)35-7-2)12-14-26(32)31(19(5)27(33)30-16-18(3)4)17-21-22(28)9-8-10-23(21)29/h8-11,13,15,18-19H,6-7,12,14,16-17H2,1-5H3,(H,30,33). The summed E-state index contributed by atoms with van der Waals surface area (Å²) in [6, 6.07) is 10.2. The Morgan fingerprint density at radius 3 is 2.20 bits per heavy atom. The minimum atomic E-state index is -0.687. The smallest absolute Gasteiger partial charge is 0.242 e. The van der Waals surface area contributed by atoms with E-state index in [2.05, 4.69) is 5.32 Å². The van der Waals surface area contributed by atoms with Gasteiger partial charge >= 0.3 is 0 Å². The molecule has 0 spiro atoms. The lowest BCUT2D eigenvalue weighted by Crippen LogP contribution is -2.48. The molecule has 0 saturated carbocycles. The van der Waals surface area contributed by atoms with Crippen molar-refractivity contribution in [2.24, 2.45) is 5.92 Å². The molecule has 6 nitrogen and oxygen atoms in total. The molecule has 2 aromatic rings. The fourth-order valence-corrected chi connectivity index (χ4v) is 4.05. The SMILES string of the molecule is CCOc1ccc(CCC(=O)N(Cc2c(Cl)cccc2Cl)C(C)C(=O)NCC(C)C)cc1OCC. The lowest BCUT2D eigenvalue weighted by atomic mass is 10.1. The summed E-state index contributed by atoms with van der Waals surface area (Å²) in [7, 11) is 0. The van der Waals surface area contributed by atoms with Crippen molar-refractivity contribution in [2.45, 2.75) is 60.0 Å². The summed E-state index contributed by atoms with van der Waals surface area (Å²) in [6.45, 7) is 11.3. The lowest BCUT2D eigenvalue weighted by molar-refractivity contribution is -0.140. The number of halogens is 2. The minimum absolute atomic E-state index is 0.140. The first-order valence-corrected chi connectivity index (χ1v) is 12.8. The van der Waals surface area contributed by atoms with Crippen LogP contribution in [0.15, 0.2) is 36.4 Å². The third-order valence-electron chi connectivity index (χ3n) is 5.48. The van der Waals surface area contributed by atoms with Crippen LogP contribution >= 0.6 is 23.2 Å². The van der Waals surface area contributed by atoms with Crippen LogP contribution in [0, 0.1) is 5.92 Å². The van der Waals surface area contributed by atoms with Gasteiger partial charge in [-0.1, -0.05) is 49.2 Å². The van der Waals surface area contributed by atoms with E-state index in [0.29, 0.717) is 59.2 Å². The van der Waals surface area contributed by atoms with Crippen LogP contribution < -0.4 is 14.8 Å². The van der Waals surface area contributed by atoms with Crippen LogP contribution in [0.5, 0.6) is 11.5 Å². The lowest BCUT2D eigenvalue weighted by Gasteiger charge is -2.29. The number of hydrogen-bond acceptors (Lipinski definition) is 4. The van der Waals surface area contributed by atoms with Gasteiger partial charge in [-0.2, -0.15) is 0 Å². The molecule has 1 atom stereocenters. The van der Waals surface area contributed by atoms with Gasteiger partial charge in [-0.3, -0.25) is 9.59 Å². The van der Waals surface area contributed by atoms with Gasteiger partial charge in [-0.25, -0.2) is 0 Å². The van der Waals surface area contributed by atoms with Crippen LogP contribution in [0.1, 0.15) is 52.2 Å². The number of nitrogens with zero attached hydrogens (tertiary/aromatic N) is 1. The van der Waals surface area contributed by atoms with E-state index < -0.39 is 6.04 Å². The molecule has 0 aromatic heterocycles. The van der Waals surface area contributed by atoms with E-state index in [4.69, 9.17) is 32.7 Å². The summed E-state index contributed by atoms with van der Waals surface area (Å²) in [5.41, 5.74) is 1.56. The van der Waals surface area contributed by atoms with Crippen molar-refractivity contribution in [1.82, 2.24) is 10.2 Å². The second-order valence-corrected chi connectivity index (χ2v) is 9.50. The Morgan fingerprint density at radius 2 is 1.60 bits per heavy atom. The van der Waals surface area contributed by atoms with Crippen LogP contribution in [0.3, 0.4) is 0 Å². The second kappa shape index (κ2) is 14.2. The van der Waals surface area contributed by atoms with E-state index >= 15 is 0 Å². The Bertz CT molecular complexity index is 977. The maximum absolute atomic E-state index is 13.4. The van der Waals surface area contributed by atoms with E-state index in [1.54, 1.807) is 30.0 Å². The number of amides is 2. The molecule has 0 radical (unpaired) electrons. The van der Waals surface area contributed by atoms with Crippen LogP contribution in [0.4, 0.5) is 0 Å². The summed E-state index contributed by atoms with van der Waals surface area (Å²) in [5.74, 6) is 1.25. The molecule has 2 amide bonds. The molecule has 1 N–H and O–H groups in total. The van der Waals surface area contributed by atoms with Gasteiger partial charge in [0.25, 0.3) is 0 Å². The molecule has 0 aliphatic rings. The van der Waals surface area contributed by atoms with Gasteiger partial charge < -0.3 is 19.7 Å². The molecule has 1 unspecified atom stereocenters. The summed E-state index contributed by atoms with van der Waals surface area (Å²) in [5, 5.41) is 3.83. The number of nitrogens with one attached hydrogen (secondary N) is 1. The first-order chi connectivity index (χ1) is 16.7. The molecule has 2 aromatic carbocycles. The quantitative estimate of drug-likeness (QED) is 0.354. The van der Waals surface area contributed by atoms with Gasteiger partial charge in [0.1, 0.15) is 6.04 Å². The fourth-order valence-electron chi connectivity index (χ4n) is 3.53. The van der Waals surface area contributed by atoms with E-state index in [-0.39, 0.29) is 24.8 Å². The molecular weight excluding hydrogens is 487 g/mol. The molecule has 0 saturated heterocycles. The van der Waals surface area contributed by atoms with Gasteiger partial charge in [0, 0.05) is 35.1 Å². The van der Waals surface area contributed by atoms with E-state index in [1.165, 1.54) is 0 Å². The Hall–Kier alpha value is -2.44. The number of ether oxygens (including phenoxy) is 2. The van der Waals surface area contributed by atoms with Crippen molar-refractivity contribution >= 4 is 35.0 Å². The summed E-state index contributed by atoms with van der Waals surface area (Å²) in [6.07, 6.45) is 0.696. The predicted octanol–water partition coefficient (Wildman–Crippen LogP) is 5.91. The Labute approximate surface area is 218 Å². The van der Waals surface area contributed by atoms with Gasteiger partial charge in [-0.05, 0) is 62.9 Å². The van der Waals surface area contributed by atoms with Crippen molar-refractivity contribution in [3.8, 4) is 11.5 Å². The van der Waals surface area contributed by atoms with Gasteiger partial charge in [0.2, 0.25) is 11.8 Å². The maximum atomic E-state index is 13.4. The molecular formula is C27H36Cl2N2O4. The largest absolute Gasteiger partial charge is 0.490 e. The van der Waals surface area contributed by atoms with Crippen LogP contribution in [0.25, 0.3) is 0 Å². The normalized spacial score (nSPS) is 11.8. The molecule has 0 aliphatic heterocycles. The molecule has 35 heavy (non-hydrogen) atoms. The van der Waals surface area contributed by atoms with Crippen molar-refractivity contribution in [1.29, 1.82) is 0 Å². The third kappa shape index (κ3) is 8.62. The predicted molar refractivity (Wildman–Crippen MR) is 141 cm³/mol. The Balaban J connectivity index is 2.23. The summed E-state index contributed by atoms with van der Waals surface area (Å²) >= 11 is 12.8. The zero-order chi connectivity index (χ0) is 26.0. The maximum Gasteiger partial charge on any atom is 0.242 e. The summed E-state index contributed by atoms with van der Waals surface area (Å²) in [4.78, 5) is 27.8.